The molecular weight excluding hydrogens is 340 g/mol. The van der Waals surface area contributed by atoms with Crippen LogP contribution in [0.25, 0.3) is 6.08 Å². The first-order valence-electron chi connectivity index (χ1n) is 9.51. The average molecular weight is 368 g/mol. The van der Waals surface area contributed by atoms with Crippen LogP contribution < -0.4 is 5.32 Å². The third-order valence-electron chi connectivity index (χ3n) is 5.42. The van der Waals surface area contributed by atoms with Crippen molar-refractivity contribution in [3.8, 4) is 6.07 Å². The lowest BCUT2D eigenvalue weighted by atomic mass is 9.78. The van der Waals surface area contributed by atoms with Gasteiger partial charge in [-0.1, -0.05) is 56.5 Å². The molecule has 1 aromatic carbocycles. The van der Waals surface area contributed by atoms with E-state index < -0.39 is 12.1 Å². The van der Waals surface area contributed by atoms with Crippen LogP contribution in [0.3, 0.4) is 0 Å². The first-order valence-corrected chi connectivity index (χ1v) is 9.51. The Balaban J connectivity index is 1.97. The van der Waals surface area contributed by atoms with Gasteiger partial charge in [-0.05, 0) is 43.7 Å². The zero-order valence-corrected chi connectivity index (χ0v) is 16.5. The molecule has 0 aliphatic heterocycles. The van der Waals surface area contributed by atoms with Gasteiger partial charge in [-0.25, -0.2) is 4.79 Å². The number of ether oxygens (including phenoxy) is 1. The highest BCUT2D eigenvalue weighted by atomic mass is 16.5. The van der Waals surface area contributed by atoms with Crippen molar-refractivity contribution in [1.29, 1.82) is 5.26 Å². The predicted molar refractivity (Wildman–Crippen MR) is 104 cm³/mol. The molecule has 5 heteroatoms. The molecule has 1 fully saturated rings. The van der Waals surface area contributed by atoms with E-state index in [4.69, 9.17) is 4.74 Å². The highest BCUT2D eigenvalue weighted by Gasteiger charge is 2.30. The van der Waals surface area contributed by atoms with Crippen LogP contribution in [-0.2, 0) is 14.3 Å². The van der Waals surface area contributed by atoms with Crippen LogP contribution in [0.4, 0.5) is 0 Å². The smallest absolute Gasteiger partial charge is 0.349 e. The highest BCUT2D eigenvalue weighted by Crippen LogP contribution is 2.29. The molecule has 0 saturated heterocycles. The molecule has 1 aliphatic carbocycles. The molecular formula is C22H28N2O3. The largest absolute Gasteiger partial charge is 0.448 e. The van der Waals surface area contributed by atoms with Gasteiger partial charge in [0.15, 0.2) is 6.10 Å². The zero-order chi connectivity index (χ0) is 20.0. The van der Waals surface area contributed by atoms with Gasteiger partial charge in [-0.2, -0.15) is 5.26 Å². The second kappa shape index (κ2) is 9.36. The Kier molecular flexibility index (Phi) is 7.18. The summed E-state index contributed by atoms with van der Waals surface area (Å²) in [6, 6.07) is 9.39. The minimum atomic E-state index is -0.947. The van der Waals surface area contributed by atoms with Crippen LogP contribution in [0.5, 0.6) is 0 Å². The molecule has 0 bridgehead atoms. The van der Waals surface area contributed by atoms with Crippen molar-refractivity contribution >= 4 is 18.0 Å². The van der Waals surface area contributed by atoms with Crippen molar-refractivity contribution in [2.75, 3.05) is 0 Å². The molecule has 1 aliphatic rings. The second-order valence-corrected chi connectivity index (χ2v) is 7.51. The molecule has 27 heavy (non-hydrogen) atoms. The zero-order valence-electron chi connectivity index (χ0n) is 16.5. The molecule has 1 N–H and O–H groups in total. The number of hydrogen-bond donors (Lipinski definition) is 1. The first kappa shape index (κ1) is 20.7. The molecule has 1 amide bonds. The Bertz CT molecular complexity index is 746. The van der Waals surface area contributed by atoms with Crippen LogP contribution in [0.2, 0.25) is 0 Å². The number of benzene rings is 1. The summed E-state index contributed by atoms with van der Waals surface area (Å²) in [5.41, 5.74) is 1.69. The maximum Gasteiger partial charge on any atom is 0.349 e. The van der Waals surface area contributed by atoms with Gasteiger partial charge in [0.05, 0.1) is 0 Å². The standard InChI is InChI=1S/C22H28N2O3/c1-14-8-10-18(11-9-14)12-19(13-23)22(26)27-17(4)21(25)24-20-7-5-6-15(2)16(20)3/h8-12,15-17,20H,5-7H2,1-4H3,(H,24,25)/b19-12+/t15-,16-,17+,20-/m0/s1. The van der Waals surface area contributed by atoms with E-state index in [0.717, 1.165) is 24.0 Å². The number of carbonyl (C=O) groups excluding carboxylic acids is 2. The summed E-state index contributed by atoms with van der Waals surface area (Å²) >= 11 is 0. The fourth-order valence-electron chi connectivity index (χ4n) is 3.33. The number of hydrogen-bond acceptors (Lipinski definition) is 4. The minimum Gasteiger partial charge on any atom is -0.448 e. The van der Waals surface area contributed by atoms with Crippen molar-refractivity contribution < 1.29 is 14.3 Å². The van der Waals surface area contributed by atoms with E-state index in [2.05, 4.69) is 19.2 Å². The Labute approximate surface area is 161 Å². The van der Waals surface area contributed by atoms with Gasteiger partial charge in [0, 0.05) is 6.04 Å². The van der Waals surface area contributed by atoms with E-state index in [1.54, 1.807) is 0 Å². The number of rotatable bonds is 5. The van der Waals surface area contributed by atoms with Crippen LogP contribution in [-0.4, -0.2) is 24.0 Å². The number of amides is 1. The summed E-state index contributed by atoms with van der Waals surface area (Å²) < 4.78 is 5.22. The van der Waals surface area contributed by atoms with Crippen molar-refractivity contribution in [2.45, 2.75) is 59.1 Å². The van der Waals surface area contributed by atoms with E-state index in [-0.39, 0.29) is 17.5 Å². The Morgan fingerprint density at radius 1 is 1.26 bits per heavy atom. The lowest BCUT2D eigenvalue weighted by Crippen LogP contribution is -2.47. The molecule has 1 saturated carbocycles. The van der Waals surface area contributed by atoms with Gasteiger partial charge in [-0.15, -0.1) is 0 Å². The summed E-state index contributed by atoms with van der Waals surface area (Å²) in [6.07, 6.45) is 3.72. The van der Waals surface area contributed by atoms with E-state index in [1.807, 2.05) is 37.3 Å². The van der Waals surface area contributed by atoms with Crippen molar-refractivity contribution in [2.24, 2.45) is 11.8 Å². The molecule has 0 spiro atoms. The third kappa shape index (κ3) is 5.68. The number of carbonyl (C=O) groups is 2. The van der Waals surface area contributed by atoms with Gasteiger partial charge in [0.1, 0.15) is 11.6 Å². The molecule has 1 aromatic rings. The Morgan fingerprint density at radius 3 is 2.56 bits per heavy atom. The molecule has 5 nitrogen and oxygen atoms in total. The first-order chi connectivity index (χ1) is 12.8. The van der Waals surface area contributed by atoms with Gasteiger partial charge in [0.2, 0.25) is 0 Å². The van der Waals surface area contributed by atoms with Crippen LogP contribution in [0.1, 0.15) is 51.2 Å². The normalized spacial score (nSPS) is 23.8. The molecule has 0 unspecified atom stereocenters. The second-order valence-electron chi connectivity index (χ2n) is 7.51. The summed E-state index contributed by atoms with van der Waals surface area (Å²) in [4.78, 5) is 24.7. The lowest BCUT2D eigenvalue weighted by Gasteiger charge is -2.35. The summed E-state index contributed by atoms with van der Waals surface area (Å²) in [7, 11) is 0. The number of esters is 1. The highest BCUT2D eigenvalue weighted by molar-refractivity contribution is 5.99. The van der Waals surface area contributed by atoms with Gasteiger partial charge >= 0.3 is 5.97 Å². The Morgan fingerprint density at radius 2 is 1.93 bits per heavy atom. The quantitative estimate of drug-likeness (QED) is 0.487. The van der Waals surface area contributed by atoms with Gasteiger partial charge in [-0.3, -0.25) is 4.79 Å². The SMILES string of the molecule is Cc1ccc(/C=C(\C#N)C(=O)O[C@H](C)C(=O)N[C@H]2CCC[C@H](C)[C@@H]2C)cc1. The average Bonchev–Trinajstić information content (AvgIpc) is 2.64. The molecule has 4 atom stereocenters. The topological polar surface area (TPSA) is 79.2 Å². The summed E-state index contributed by atoms with van der Waals surface area (Å²) in [6.45, 7) is 7.83. The van der Waals surface area contributed by atoms with E-state index >= 15 is 0 Å². The molecule has 0 radical (unpaired) electrons. The van der Waals surface area contributed by atoms with Crippen molar-refractivity contribution in [3.05, 3.63) is 41.0 Å². The fourth-order valence-corrected chi connectivity index (χ4v) is 3.33. The number of nitriles is 1. The van der Waals surface area contributed by atoms with E-state index in [1.165, 1.54) is 19.4 Å². The molecule has 0 heterocycles. The maximum atomic E-state index is 12.4. The van der Waals surface area contributed by atoms with E-state index in [9.17, 15) is 14.9 Å². The fraction of sp³-hybridized carbons (Fsp3) is 0.500. The van der Waals surface area contributed by atoms with Crippen LogP contribution >= 0.6 is 0 Å². The van der Waals surface area contributed by atoms with Gasteiger partial charge in [0.25, 0.3) is 5.91 Å². The van der Waals surface area contributed by atoms with Crippen molar-refractivity contribution in [1.82, 2.24) is 5.32 Å². The van der Waals surface area contributed by atoms with Crippen LogP contribution in [0.15, 0.2) is 29.8 Å². The van der Waals surface area contributed by atoms with Gasteiger partial charge < -0.3 is 10.1 Å². The van der Waals surface area contributed by atoms with Crippen LogP contribution in [0, 0.1) is 30.1 Å². The number of aryl methyl sites for hydroxylation is 1. The molecule has 0 aromatic heterocycles. The van der Waals surface area contributed by atoms with Crippen molar-refractivity contribution in [3.63, 3.8) is 0 Å². The minimum absolute atomic E-state index is 0.0981. The lowest BCUT2D eigenvalue weighted by molar-refractivity contribution is -0.151. The predicted octanol–water partition coefficient (Wildman–Crippen LogP) is 3.77. The number of nitrogens with zero attached hydrogens (tertiary/aromatic N) is 1. The Hall–Kier alpha value is -2.61. The third-order valence-corrected chi connectivity index (χ3v) is 5.42. The summed E-state index contributed by atoms with van der Waals surface area (Å²) in [5, 5.41) is 12.3. The summed E-state index contributed by atoms with van der Waals surface area (Å²) in [5.74, 6) is -0.154. The number of nitrogens with one attached hydrogen (secondary N) is 1. The molecule has 2 rings (SSSR count). The van der Waals surface area contributed by atoms with E-state index in [0.29, 0.717) is 11.8 Å². The maximum absolute atomic E-state index is 12.4. The monoisotopic (exact) mass is 368 g/mol. The molecule has 144 valence electrons.